The number of hydrogen-bond acceptors (Lipinski definition) is 6. The average molecular weight is 388 g/mol. The van der Waals surface area contributed by atoms with Crippen LogP contribution >= 0.6 is 11.3 Å². The molecule has 2 N–H and O–H groups in total. The molecule has 2 unspecified atom stereocenters. The number of carbonyl (C=O) groups excluding carboxylic acids is 2. The zero-order valence-corrected chi connectivity index (χ0v) is 16.3. The summed E-state index contributed by atoms with van der Waals surface area (Å²) in [5.74, 6) is -0.533. The summed E-state index contributed by atoms with van der Waals surface area (Å²) in [5, 5.41) is 2.62. The topological polar surface area (TPSA) is 83.6 Å². The molecule has 7 nitrogen and oxygen atoms in total. The molecule has 1 aromatic carbocycles. The molecule has 1 aromatic heterocycles. The molecule has 1 aliphatic heterocycles. The average Bonchev–Trinajstić information content (AvgIpc) is 3.05. The molecule has 1 aliphatic rings. The van der Waals surface area contributed by atoms with Gasteiger partial charge in [0.05, 0.1) is 25.2 Å². The molecule has 2 heterocycles. The van der Waals surface area contributed by atoms with Crippen LogP contribution in [0.2, 0.25) is 0 Å². The van der Waals surface area contributed by atoms with E-state index in [0.29, 0.717) is 13.1 Å². The Labute approximate surface area is 162 Å². The molecule has 144 valence electrons. The van der Waals surface area contributed by atoms with Crippen LogP contribution in [0.1, 0.15) is 29.3 Å². The first-order valence-corrected chi connectivity index (χ1v) is 9.79. The fourth-order valence-corrected chi connectivity index (χ4v) is 3.84. The Morgan fingerprint density at radius 3 is 2.67 bits per heavy atom. The van der Waals surface area contributed by atoms with Crippen LogP contribution in [0.5, 0.6) is 0 Å². The Balaban J connectivity index is 1.46. The second-order valence-corrected chi connectivity index (χ2v) is 7.64. The summed E-state index contributed by atoms with van der Waals surface area (Å²) in [6.45, 7) is 5.38. The normalized spacial score (nSPS) is 20.2. The molecule has 0 bridgehead atoms. The minimum atomic E-state index is -0.282. The Morgan fingerprint density at radius 1 is 1.22 bits per heavy atom. The number of nitrogens with one attached hydrogen (secondary N) is 2. The lowest BCUT2D eigenvalue weighted by Crippen LogP contribution is -2.50. The maximum atomic E-state index is 12.2. The molecule has 2 aromatic rings. The predicted octanol–water partition coefficient (Wildman–Crippen LogP) is 1.60. The van der Waals surface area contributed by atoms with E-state index in [1.165, 1.54) is 11.3 Å². The van der Waals surface area contributed by atoms with Crippen molar-refractivity contribution in [3.63, 3.8) is 0 Å². The van der Waals surface area contributed by atoms with Crippen molar-refractivity contribution in [2.75, 3.05) is 19.6 Å². The molecule has 0 radical (unpaired) electrons. The van der Waals surface area contributed by atoms with Crippen molar-refractivity contribution in [3.05, 3.63) is 52.0 Å². The van der Waals surface area contributed by atoms with E-state index in [-0.39, 0.29) is 37.0 Å². The number of aromatic nitrogens is 1. The number of rotatable bonds is 5. The highest BCUT2D eigenvalue weighted by Crippen LogP contribution is 2.24. The Kier molecular flexibility index (Phi) is 6.54. The van der Waals surface area contributed by atoms with E-state index in [2.05, 4.69) is 15.8 Å². The first-order valence-electron chi connectivity index (χ1n) is 8.91. The quantitative estimate of drug-likeness (QED) is 0.761. The van der Waals surface area contributed by atoms with Crippen LogP contribution in [0.25, 0.3) is 0 Å². The predicted molar refractivity (Wildman–Crippen MR) is 103 cm³/mol. The lowest BCUT2D eigenvalue weighted by molar-refractivity contribution is -0.132. The number of benzene rings is 1. The number of morpholine rings is 1. The van der Waals surface area contributed by atoms with Gasteiger partial charge in [0.2, 0.25) is 5.91 Å². The lowest BCUT2D eigenvalue weighted by atomic mass is 10.1. The number of thiazole rings is 1. The third kappa shape index (κ3) is 5.85. The molecule has 0 saturated carbocycles. The molecule has 3 rings (SSSR count). The van der Waals surface area contributed by atoms with Crippen molar-refractivity contribution >= 4 is 23.2 Å². The monoisotopic (exact) mass is 388 g/mol. The fourth-order valence-electron chi connectivity index (χ4n) is 3.07. The van der Waals surface area contributed by atoms with Gasteiger partial charge in [0.15, 0.2) is 0 Å². The van der Waals surface area contributed by atoms with Crippen LogP contribution in [0.3, 0.4) is 0 Å². The van der Waals surface area contributed by atoms with E-state index in [0.717, 1.165) is 16.3 Å². The van der Waals surface area contributed by atoms with E-state index < -0.39 is 0 Å². The van der Waals surface area contributed by atoms with Crippen molar-refractivity contribution in [2.45, 2.75) is 32.5 Å². The zero-order valence-electron chi connectivity index (χ0n) is 15.5. The molecule has 8 heteroatoms. The third-order valence-electron chi connectivity index (χ3n) is 4.19. The first-order chi connectivity index (χ1) is 13.0. The van der Waals surface area contributed by atoms with E-state index in [9.17, 15) is 9.59 Å². The van der Waals surface area contributed by atoms with Gasteiger partial charge in [-0.25, -0.2) is 4.98 Å². The molecule has 2 atom stereocenters. The number of carbonyl (C=O) groups is 2. The number of hydrogen-bond donors (Lipinski definition) is 2. The van der Waals surface area contributed by atoms with Gasteiger partial charge in [-0.1, -0.05) is 30.3 Å². The smallest absolute Gasteiger partial charge is 0.252 e. The van der Waals surface area contributed by atoms with Crippen LogP contribution in [-0.4, -0.2) is 47.4 Å². The molecule has 0 spiro atoms. The molecular weight excluding hydrogens is 364 g/mol. The Bertz CT molecular complexity index is 780. The highest BCUT2D eigenvalue weighted by atomic mass is 32.1. The molecular formula is C19H24N4O3S. The van der Waals surface area contributed by atoms with Gasteiger partial charge in [-0.3, -0.25) is 25.3 Å². The van der Waals surface area contributed by atoms with Crippen LogP contribution in [0.15, 0.2) is 35.7 Å². The SMILES string of the molecule is Cc1csc(CC(=O)NNC(=O)CN2CC(C)OC(c3ccccc3)C2)n1. The maximum absolute atomic E-state index is 12.2. The second kappa shape index (κ2) is 9.07. The number of aryl methyl sites for hydroxylation is 1. The van der Waals surface area contributed by atoms with Crippen LogP contribution in [-0.2, 0) is 20.7 Å². The Hall–Kier alpha value is -2.29. The summed E-state index contributed by atoms with van der Waals surface area (Å²) >= 11 is 1.43. The largest absolute Gasteiger partial charge is 0.368 e. The minimum Gasteiger partial charge on any atom is -0.368 e. The lowest BCUT2D eigenvalue weighted by Gasteiger charge is -2.36. The molecule has 1 fully saturated rings. The number of nitrogens with zero attached hydrogens (tertiary/aromatic N) is 2. The molecule has 0 aliphatic carbocycles. The highest BCUT2D eigenvalue weighted by Gasteiger charge is 2.27. The Morgan fingerprint density at radius 2 is 1.96 bits per heavy atom. The number of amides is 2. The van der Waals surface area contributed by atoms with Crippen molar-refractivity contribution in [2.24, 2.45) is 0 Å². The van der Waals surface area contributed by atoms with E-state index in [1.807, 2.05) is 54.5 Å². The maximum Gasteiger partial charge on any atom is 0.252 e. The molecule has 1 saturated heterocycles. The van der Waals surface area contributed by atoms with E-state index in [1.54, 1.807) is 0 Å². The summed E-state index contributed by atoms with van der Waals surface area (Å²) < 4.78 is 6.00. The van der Waals surface area contributed by atoms with E-state index in [4.69, 9.17) is 4.74 Å². The third-order valence-corrected chi connectivity index (χ3v) is 5.16. The first kappa shape index (κ1) is 19.5. The van der Waals surface area contributed by atoms with Crippen molar-refractivity contribution in [3.8, 4) is 0 Å². The van der Waals surface area contributed by atoms with E-state index >= 15 is 0 Å². The van der Waals surface area contributed by atoms with Crippen molar-refractivity contribution in [1.29, 1.82) is 0 Å². The molecule has 2 amide bonds. The summed E-state index contributed by atoms with van der Waals surface area (Å²) in [6, 6.07) is 9.99. The summed E-state index contributed by atoms with van der Waals surface area (Å²) in [6.07, 6.45) is 0.119. The second-order valence-electron chi connectivity index (χ2n) is 6.70. The van der Waals surface area contributed by atoms with Gasteiger partial charge in [0.25, 0.3) is 5.91 Å². The molecule has 27 heavy (non-hydrogen) atoms. The van der Waals surface area contributed by atoms with Crippen LogP contribution in [0, 0.1) is 6.92 Å². The van der Waals surface area contributed by atoms with Gasteiger partial charge in [-0.2, -0.15) is 0 Å². The van der Waals surface area contributed by atoms with Gasteiger partial charge in [-0.05, 0) is 19.4 Å². The highest BCUT2D eigenvalue weighted by molar-refractivity contribution is 7.09. The zero-order chi connectivity index (χ0) is 19.2. The van der Waals surface area contributed by atoms with Gasteiger partial charge < -0.3 is 4.74 Å². The van der Waals surface area contributed by atoms with Crippen molar-refractivity contribution in [1.82, 2.24) is 20.7 Å². The summed E-state index contributed by atoms with van der Waals surface area (Å²) in [4.78, 5) is 30.4. The standard InChI is InChI=1S/C19H24N4O3S/c1-13-12-27-19(20-13)8-17(24)21-22-18(25)11-23-9-14(2)26-16(10-23)15-6-4-3-5-7-15/h3-7,12,14,16H,8-11H2,1-2H3,(H,21,24)(H,22,25). The van der Waals surface area contributed by atoms with Gasteiger partial charge >= 0.3 is 0 Å². The van der Waals surface area contributed by atoms with Gasteiger partial charge in [0, 0.05) is 24.2 Å². The fraction of sp³-hybridized carbons (Fsp3) is 0.421. The number of hydrazine groups is 1. The summed E-state index contributed by atoms with van der Waals surface area (Å²) in [5.41, 5.74) is 6.92. The van der Waals surface area contributed by atoms with Crippen LogP contribution in [0.4, 0.5) is 0 Å². The van der Waals surface area contributed by atoms with Crippen molar-refractivity contribution < 1.29 is 14.3 Å². The van der Waals surface area contributed by atoms with Crippen LogP contribution < -0.4 is 10.9 Å². The van der Waals surface area contributed by atoms with Gasteiger partial charge in [-0.15, -0.1) is 11.3 Å². The van der Waals surface area contributed by atoms with Gasteiger partial charge in [0.1, 0.15) is 5.01 Å². The summed E-state index contributed by atoms with van der Waals surface area (Å²) in [7, 11) is 0. The number of ether oxygens (including phenoxy) is 1. The minimum absolute atomic E-state index is 0.0273.